The Hall–Kier alpha value is -1.11. The van der Waals surface area contributed by atoms with E-state index in [-0.39, 0.29) is 18.0 Å². The molecule has 6 heteroatoms. The molecule has 0 spiro atoms. The maximum Gasteiger partial charge on any atom is 0.240 e. The lowest BCUT2D eigenvalue weighted by atomic mass is 9.96. The molecule has 0 radical (unpaired) electrons. The van der Waals surface area contributed by atoms with E-state index < -0.39 is 15.4 Å². The van der Waals surface area contributed by atoms with Crippen molar-refractivity contribution in [3.63, 3.8) is 0 Å². The number of nitrogen functional groups attached to an aromatic ring is 1. The minimum Gasteiger partial charge on any atom is -0.398 e. The molecule has 1 aromatic rings. The average Bonchev–Trinajstić information content (AvgIpc) is 2.44. The van der Waals surface area contributed by atoms with Crippen LogP contribution in [0.2, 0.25) is 0 Å². The molecular weight excluding hydrogens is 288 g/mol. The van der Waals surface area contributed by atoms with Crippen molar-refractivity contribution >= 4 is 15.7 Å². The molecule has 1 rings (SSSR count). The van der Waals surface area contributed by atoms with Crippen LogP contribution in [0.5, 0.6) is 0 Å². The van der Waals surface area contributed by atoms with Crippen molar-refractivity contribution in [2.75, 3.05) is 18.9 Å². The summed E-state index contributed by atoms with van der Waals surface area (Å²) < 4.78 is 27.7. The van der Waals surface area contributed by atoms with Crippen molar-refractivity contribution in [1.82, 2.24) is 4.72 Å². The van der Waals surface area contributed by atoms with Gasteiger partial charge in [-0.15, -0.1) is 0 Å². The maximum absolute atomic E-state index is 12.5. The third-order valence-corrected chi connectivity index (χ3v) is 4.99. The molecule has 0 heterocycles. The molecule has 0 aliphatic rings. The zero-order valence-electron chi connectivity index (χ0n) is 13.2. The summed E-state index contributed by atoms with van der Waals surface area (Å²) in [6.07, 6.45) is 1.27. The second-order valence-corrected chi connectivity index (χ2v) is 7.75. The maximum atomic E-state index is 12.5. The van der Waals surface area contributed by atoms with Crippen LogP contribution in [-0.4, -0.2) is 26.7 Å². The van der Waals surface area contributed by atoms with Gasteiger partial charge in [-0.05, 0) is 36.1 Å². The number of aryl methyl sites for hydroxylation is 1. The molecular formula is C15H26N2O3S. The molecule has 0 aliphatic carbocycles. The number of aliphatic hydroxyl groups excluding tert-OH is 1. The molecule has 21 heavy (non-hydrogen) atoms. The summed E-state index contributed by atoms with van der Waals surface area (Å²) in [6.45, 7) is 7.52. The topological polar surface area (TPSA) is 92.4 Å². The summed E-state index contributed by atoms with van der Waals surface area (Å²) in [6, 6.07) is 3.51. The lowest BCUT2D eigenvalue weighted by molar-refractivity contribution is 0.163. The molecule has 0 aromatic heterocycles. The Bertz CT molecular complexity index is 595. The predicted molar refractivity (Wildman–Crippen MR) is 85.7 cm³/mol. The van der Waals surface area contributed by atoms with E-state index in [1.165, 1.54) is 0 Å². The summed E-state index contributed by atoms with van der Waals surface area (Å²) in [4.78, 5) is 0.246. The quantitative estimate of drug-likeness (QED) is 0.668. The van der Waals surface area contributed by atoms with Crippen LogP contribution in [0.25, 0.3) is 0 Å². The Kier molecular flexibility index (Phi) is 5.78. The SMILES string of the molecule is CCc1cc(N)c(CC)c(S(=O)(=O)NCC(C)(C)CO)c1. The number of nitrogens with two attached hydrogens (primary N) is 1. The highest BCUT2D eigenvalue weighted by Gasteiger charge is 2.24. The summed E-state index contributed by atoms with van der Waals surface area (Å²) in [5, 5.41) is 9.23. The zero-order chi connectivity index (χ0) is 16.3. The third kappa shape index (κ3) is 4.43. The van der Waals surface area contributed by atoms with E-state index in [0.29, 0.717) is 17.7 Å². The van der Waals surface area contributed by atoms with Gasteiger partial charge in [0, 0.05) is 24.3 Å². The normalized spacial score (nSPS) is 12.6. The van der Waals surface area contributed by atoms with Crippen LogP contribution in [0, 0.1) is 5.41 Å². The van der Waals surface area contributed by atoms with Crippen LogP contribution in [-0.2, 0) is 22.9 Å². The Balaban J connectivity index is 3.21. The summed E-state index contributed by atoms with van der Waals surface area (Å²) in [5.74, 6) is 0. The fourth-order valence-corrected chi connectivity index (χ4v) is 3.60. The molecule has 4 N–H and O–H groups in total. The number of hydrogen-bond donors (Lipinski definition) is 3. The van der Waals surface area contributed by atoms with Crippen LogP contribution in [0.3, 0.4) is 0 Å². The summed E-state index contributed by atoms with van der Waals surface area (Å²) in [7, 11) is -3.64. The van der Waals surface area contributed by atoms with Crippen molar-refractivity contribution in [2.24, 2.45) is 5.41 Å². The van der Waals surface area contributed by atoms with Crippen LogP contribution in [0.4, 0.5) is 5.69 Å². The summed E-state index contributed by atoms with van der Waals surface area (Å²) >= 11 is 0. The van der Waals surface area contributed by atoms with Gasteiger partial charge in [-0.25, -0.2) is 13.1 Å². The van der Waals surface area contributed by atoms with Crippen molar-refractivity contribution in [1.29, 1.82) is 0 Å². The first-order valence-electron chi connectivity index (χ1n) is 7.18. The van der Waals surface area contributed by atoms with Crippen molar-refractivity contribution in [3.05, 3.63) is 23.3 Å². The number of aliphatic hydroxyl groups is 1. The molecule has 0 atom stereocenters. The molecule has 0 fully saturated rings. The van der Waals surface area contributed by atoms with Gasteiger partial charge >= 0.3 is 0 Å². The molecule has 0 saturated heterocycles. The van der Waals surface area contributed by atoms with Gasteiger partial charge in [0.2, 0.25) is 10.0 Å². The van der Waals surface area contributed by atoms with E-state index >= 15 is 0 Å². The van der Waals surface area contributed by atoms with Crippen molar-refractivity contribution in [3.8, 4) is 0 Å². The Morgan fingerprint density at radius 2 is 1.86 bits per heavy atom. The zero-order valence-corrected chi connectivity index (χ0v) is 14.0. The number of sulfonamides is 1. The van der Waals surface area contributed by atoms with Gasteiger partial charge in [0.25, 0.3) is 0 Å². The summed E-state index contributed by atoms with van der Waals surface area (Å²) in [5.41, 5.74) is 7.52. The molecule has 0 aliphatic heterocycles. The van der Waals surface area contributed by atoms with Gasteiger partial charge < -0.3 is 10.8 Å². The van der Waals surface area contributed by atoms with Crippen molar-refractivity contribution < 1.29 is 13.5 Å². The Morgan fingerprint density at radius 3 is 2.33 bits per heavy atom. The van der Waals surface area contributed by atoms with Crippen LogP contribution < -0.4 is 10.5 Å². The minimum atomic E-state index is -3.64. The van der Waals surface area contributed by atoms with E-state index in [4.69, 9.17) is 5.73 Å². The van der Waals surface area contributed by atoms with Gasteiger partial charge in [-0.1, -0.05) is 27.7 Å². The average molecular weight is 314 g/mol. The van der Waals surface area contributed by atoms with Crippen LogP contribution >= 0.6 is 0 Å². The molecule has 0 saturated carbocycles. The molecule has 120 valence electrons. The van der Waals surface area contributed by atoms with E-state index in [2.05, 4.69) is 4.72 Å². The molecule has 1 aromatic carbocycles. The number of anilines is 1. The first-order valence-corrected chi connectivity index (χ1v) is 8.67. The lowest BCUT2D eigenvalue weighted by Crippen LogP contribution is -2.36. The monoisotopic (exact) mass is 314 g/mol. The number of hydrogen-bond acceptors (Lipinski definition) is 4. The fourth-order valence-electron chi connectivity index (χ4n) is 1.97. The minimum absolute atomic E-state index is 0.0900. The smallest absolute Gasteiger partial charge is 0.240 e. The molecule has 0 amide bonds. The number of benzene rings is 1. The van der Waals surface area contributed by atoms with Gasteiger partial charge in [-0.3, -0.25) is 0 Å². The van der Waals surface area contributed by atoms with Gasteiger partial charge in [0.05, 0.1) is 4.90 Å². The standard InChI is InChI=1S/C15H26N2O3S/c1-5-11-7-13(16)12(6-2)14(8-11)21(19,20)17-9-15(3,4)10-18/h7-8,17-18H,5-6,9-10,16H2,1-4H3. The Labute approximate surface area is 127 Å². The van der Waals surface area contributed by atoms with Gasteiger partial charge in [0.15, 0.2) is 0 Å². The van der Waals surface area contributed by atoms with Gasteiger partial charge in [-0.2, -0.15) is 0 Å². The van der Waals surface area contributed by atoms with Crippen molar-refractivity contribution in [2.45, 2.75) is 45.4 Å². The Morgan fingerprint density at radius 1 is 1.24 bits per heavy atom. The largest absolute Gasteiger partial charge is 0.398 e. The first kappa shape index (κ1) is 17.9. The highest BCUT2D eigenvalue weighted by Crippen LogP contribution is 2.25. The van der Waals surface area contributed by atoms with Crippen LogP contribution in [0.1, 0.15) is 38.8 Å². The highest BCUT2D eigenvalue weighted by molar-refractivity contribution is 7.89. The fraction of sp³-hybridized carbons (Fsp3) is 0.600. The second kappa shape index (κ2) is 6.77. The third-order valence-electron chi connectivity index (χ3n) is 3.52. The molecule has 0 bridgehead atoms. The van der Waals surface area contributed by atoms with E-state index in [1.807, 2.05) is 19.9 Å². The highest BCUT2D eigenvalue weighted by atomic mass is 32.2. The molecule has 0 unspecified atom stereocenters. The van der Waals surface area contributed by atoms with Crippen LogP contribution in [0.15, 0.2) is 17.0 Å². The molecule has 5 nitrogen and oxygen atoms in total. The second-order valence-electron chi connectivity index (χ2n) is 6.02. The van der Waals surface area contributed by atoms with E-state index in [9.17, 15) is 13.5 Å². The van der Waals surface area contributed by atoms with E-state index in [0.717, 1.165) is 12.0 Å². The lowest BCUT2D eigenvalue weighted by Gasteiger charge is -2.22. The van der Waals surface area contributed by atoms with Gasteiger partial charge in [0.1, 0.15) is 0 Å². The number of rotatable bonds is 7. The first-order chi connectivity index (χ1) is 9.66. The predicted octanol–water partition coefficient (Wildman–Crippen LogP) is 1.69. The van der Waals surface area contributed by atoms with E-state index in [1.54, 1.807) is 19.9 Å². The number of nitrogens with one attached hydrogen (secondary N) is 1.